The van der Waals surface area contributed by atoms with Gasteiger partial charge in [0.1, 0.15) is 11.4 Å². The van der Waals surface area contributed by atoms with E-state index in [4.69, 9.17) is 4.42 Å². The van der Waals surface area contributed by atoms with Gasteiger partial charge in [0.2, 0.25) is 0 Å². The number of fused-ring (bicyclic) bond motifs is 1. The van der Waals surface area contributed by atoms with Crippen molar-refractivity contribution in [1.82, 2.24) is 5.32 Å². The lowest BCUT2D eigenvalue weighted by atomic mass is 10.0. The average molecular weight is 317 g/mol. The summed E-state index contributed by atoms with van der Waals surface area (Å²) in [7, 11) is 0. The third-order valence-corrected chi connectivity index (χ3v) is 3.60. The highest BCUT2D eigenvalue weighted by Crippen LogP contribution is 2.27. The maximum Gasteiger partial charge on any atom is 0.170 e. The highest BCUT2D eigenvalue weighted by atomic mass is 35.5. The number of nitrogens with one attached hydrogen (secondary N) is 1. The molecule has 0 amide bonds. The number of halogens is 2. The molecule has 3 aromatic rings. The van der Waals surface area contributed by atoms with Gasteiger partial charge in [-0.2, -0.15) is 0 Å². The molecule has 22 heavy (non-hydrogen) atoms. The summed E-state index contributed by atoms with van der Waals surface area (Å²) in [6.45, 7) is 1.64. The summed E-state index contributed by atoms with van der Waals surface area (Å²) >= 11 is 0. The summed E-state index contributed by atoms with van der Waals surface area (Å²) in [5, 5.41) is 4.22. The van der Waals surface area contributed by atoms with Gasteiger partial charge in [0, 0.05) is 11.9 Å². The molecular formula is C17H14ClFN2O. The monoisotopic (exact) mass is 316 g/mol. The van der Waals surface area contributed by atoms with Crippen molar-refractivity contribution >= 4 is 29.2 Å². The number of furan rings is 1. The van der Waals surface area contributed by atoms with Crippen molar-refractivity contribution in [2.45, 2.75) is 0 Å². The minimum Gasteiger partial charge on any atom is -0.453 e. The van der Waals surface area contributed by atoms with Gasteiger partial charge in [-0.1, -0.05) is 18.2 Å². The Kier molecular flexibility index (Phi) is 3.86. The van der Waals surface area contributed by atoms with Gasteiger partial charge in [-0.15, -0.1) is 12.4 Å². The van der Waals surface area contributed by atoms with E-state index in [-0.39, 0.29) is 18.2 Å². The smallest absolute Gasteiger partial charge is 0.170 e. The summed E-state index contributed by atoms with van der Waals surface area (Å²) in [5.41, 5.74) is 2.85. The van der Waals surface area contributed by atoms with E-state index >= 15 is 0 Å². The van der Waals surface area contributed by atoms with Gasteiger partial charge in [-0.05, 0) is 41.5 Å². The third kappa shape index (κ3) is 2.57. The van der Waals surface area contributed by atoms with Gasteiger partial charge in [0.15, 0.2) is 11.6 Å². The van der Waals surface area contributed by atoms with Gasteiger partial charge in [0.25, 0.3) is 0 Å². The third-order valence-electron chi connectivity index (χ3n) is 3.60. The molecule has 3 nitrogen and oxygen atoms in total. The highest BCUT2D eigenvalue weighted by Gasteiger charge is 2.13. The Bertz CT molecular complexity index is 839. The fraction of sp³-hybridized carbons (Fsp3) is 0.118. The highest BCUT2D eigenvalue weighted by molar-refractivity contribution is 6.01. The zero-order chi connectivity index (χ0) is 14.2. The van der Waals surface area contributed by atoms with Gasteiger partial charge in [-0.3, -0.25) is 4.99 Å². The molecule has 0 saturated heterocycles. The molecule has 0 aliphatic carbocycles. The molecule has 0 spiro atoms. The Morgan fingerprint density at radius 1 is 1.00 bits per heavy atom. The van der Waals surface area contributed by atoms with E-state index in [0.29, 0.717) is 0 Å². The second kappa shape index (κ2) is 5.81. The SMILES string of the molecule is Cl.Fc1ccc(-c2ccc3oc(C4=NCCN4)cc3c2)cc1. The van der Waals surface area contributed by atoms with E-state index < -0.39 is 0 Å². The van der Waals surface area contributed by atoms with E-state index in [1.807, 2.05) is 24.3 Å². The Morgan fingerprint density at radius 3 is 2.50 bits per heavy atom. The van der Waals surface area contributed by atoms with Crippen LogP contribution in [0.5, 0.6) is 0 Å². The second-order valence-electron chi connectivity index (χ2n) is 5.03. The van der Waals surface area contributed by atoms with Gasteiger partial charge < -0.3 is 9.73 Å². The van der Waals surface area contributed by atoms with Crippen LogP contribution in [0.2, 0.25) is 0 Å². The van der Waals surface area contributed by atoms with Crippen molar-refractivity contribution < 1.29 is 8.81 Å². The summed E-state index contributed by atoms with van der Waals surface area (Å²) in [6, 6.07) is 14.4. The molecule has 0 bridgehead atoms. The van der Waals surface area contributed by atoms with Crippen molar-refractivity contribution in [2.75, 3.05) is 13.1 Å². The zero-order valence-corrected chi connectivity index (χ0v) is 12.5. The lowest BCUT2D eigenvalue weighted by Crippen LogP contribution is -2.18. The summed E-state index contributed by atoms with van der Waals surface area (Å²) < 4.78 is 18.8. The molecule has 2 heterocycles. The van der Waals surface area contributed by atoms with E-state index in [1.165, 1.54) is 12.1 Å². The number of rotatable bonds is 2. The molecule has 0 unspecified atom stereocenters. The van der Waals surface area contributed by atoms with Crippen molar-refractivity contribution in [3.63, 3.8) is 0 Å². The Balaban J connectivity index is 0.00000144. The number of hydrogen-bond donors (Lipinski definition) is 1. The fourth-order valence-electron chi connectivity index (χ4n) is 2.54. The van der Waals surface area contributed by atoms with Crippen LogP contribution in [-0.2, 0) is 0 Å². The molecule has 1 N–H and O–H groups in total. The molecule has 0 fully saturated rings. The predicted octanol–water partition coefficient (Wildman–Crippen LogP) is 4.01. The summed E-state index contributed by atoms with van der Waals surface area (Å²) in [6.07, 6.45) is 0. The number of benzene rings is 2. The second-order valence-corrected chi connectivity index (χ2v) is 5.03. The minimum atomic E-state index is -0.226. The Labute approximate surface area is 133 Å². The van der Waals surface area contributed by atoms with Crippen LogP contribution in [-0.4, -0.2) is 18.9 Å². The van der Waals surface area contributed by atoms with E-state index in [1.54, 1.807) is 12.1 Å². The van der Waals surface area contributed by atoms with Crippen LogP contribution in [0.25, 0.3) is 22.1 Å². The molecular weight excluding hydrogens is 303 g/mol. The first kappa shape index (κ1) is 14.6. The zero-order valence-electron chi connectivity index (χ0n) is 11.7. The first-order valence-corrected chi connectivity index (χ1v) is 6.88. The molecule has 2 aromatic carbocycles. The molecule has 112 valence electrons. The lowest BCUT2D eigenvalue weighted by molar-refractivity contribution is 0.602. The number of aliphatic imine (C=N–C) groups is 1. The van der Waals surface area contributed by atoms with Crippen molar-refractivity contribution in [2.24, 2.45) is 4.99 Å². The number of nitrogens with zero attached hydrogens (tertiary/aromatic N) is 1. The van der Waals surface area contributed by atoms with Crippen LogP contribution in [0.15, 0.2) is 57.9 Å². The van der Waals surface area contributed by atoms with Crippen LogP contribution >= 0.6 is 12.4 Å². The first-order valence-electron chi connectivity index (χ1n) is 6.88. The largest absolute Gasteiger partial charge is 0.453 e. The normalized spacial score (nSPS) is 13.6. The van der Waals surface area contributed by atoms with Crippen LogP contribution in [0.4, 0.5) is 4.39 Å². The van der Waals surface area contributed by atoms with Gasteiger partial charge >= 0.3 is 0 Å². The van der Waals surface area contributed by atoms with E-state index in [0.717, 1.165) is 46.8 Å². The fourth-order valence-corrected chi connectivity index (χ4v) is 2.54. The van der Waals surface area contributed by atoms with E-state index in [2.05, 4.69) is 10.3 Å². The van der Waals surface area contributed by atoms with Crippen LogP contribution in [0.1, 0.15) is 5.76 Å². The van der Waals surface area contributed by atoms with Crippen molar-refractivity contribution in [3.8, 4) is 11.1 Å². The first-order chi connectivity index (χ1) is 10.3. The predicted molar refractivity (Wildman–Crippen MR) is 88.3 cm³/mol. The van der Waals surface area contributed by atoms with Crippen LogP contribution < -0.4 is 5.32 Å². The van der Waals surface area contributed by atoms with Gasteiger partial charge in [0.05, 0.1) is 6.54 Å². The topological polar surface area (TPSA) is 37.5 Å². The quantitative estimate of drug-likeness (QED) is 0.775. The Hall–Kier alpha value is -2.33. The summed E-state index contributed by atoms with van der Waals surface area (Å²) in [4.78, 5) is 4.36. The molecule has 4 rings (SSSR count). The molecule has 1 aromatic heterocycles. The minimum absolute atomic E-state index is 0. The van der Waals surface area contributed by atoms with Crippen molar-refractivity contribution in [1.29, 1.82) is 0 Å². The number of amidine groups is 1. The van der Waals surface area contributed by atoms with E-state index in [9.17, 15) is 4.39 Å². The van der Waals surface area contributed by atoms with Crippen molar-refractivity contribution in [3.05, 3.63) is 60.1 Å². The van der Waals surface area contributed by atoms with Crippen LogP contribution in [0.3, 0.4) is 0 Å². The maximum atomic E-state index is 13.0. The molecule has 0 atom stereocenters. The standard InChI is InChI=1S/C17H13FN2O.ClH/c18-14-4-1-11(2-5-14)12-3-6-15-13(9-12)10-16(21-15)17-19-7-8-20-17;/h1-6,9-10H,7-8H2,(H,19,20);1H. The molecule has 1 aliphatic heterocycles. The average Bonchev–Trinajstić information content (AvgIpc) is 3.16. The summed E-state index contributed by atoms with van der Waals surface area (Å²) in [5.74, 6) is 1.35. The molecule has 0 saturated carbocycles. The molecule has 0 radical (unpaired) electrons. The number of hydrogen-bond acceptors (Lipinski definition) is 3. The lowest BCUT2D eigenvalue weighted by Gasteiger charge is -2.01. The van der Waals surface area contributed by atoms with Crippen LogP contribution in [0, 0.1) is 5.82 Å². The van der Waals surface area contributed by atoms with Gasteiger partial charge in [-0.25, -0.2) is 4.39 Å². The molecule has 5 heteroatoms. The Morgan fingerprint density at radius 2 is 1.77 bits per heavy atom. The molecule has 1 aliphatic rings. The maximum absolute atomic E-state index is 13.0.